The highest BCUT2D eigenvalue weighted by Gasteiger charge is 2.10. The molecule has 0 aliphatic heterocycles. The lowest BCUT2D eigenvalue weighted by Gasteiger charge is -2.21. The number of hydrogen-bond acceptors (Lipinski definition) is 5. The van der Waals surface area contributed by atoms with Gasteiger partial charge in [-0.15, -0.1) is 0 Å². The van der Waals surface area contributed by atoms with Gasteiger partial charge in [0.25, 0.3) is 11.5 Å². The molecular formula is C29H31N5O2. The Morgan fingerprint density at radius 2 is 1.78 bits per heavy atom. The van der Waals surface area contributed by atoms with E-state index in [1.54, 1.807) is 12.4 Å². The highest BCUT2D eigenvalue weighted by Crippen LogP contribution is 2.23. The Labute approximate surface area is 211 Å². The van der Waals surface area contributed by atoms with Crippen molar-refractivity contribution in [2.75, 3.05) is 24.5 Å². The molecular weight excluding hydrogens is 450 g/mol. The lowest BCUT2D eigenvalue weighted by Crippen LogP contribution is -2.29. The van der Waals surface area contributed by atoms with Crippen molar-refractivity contribution in [2.45, 2.75) is 27.2 Å². The fraction of sp³-hybridized carbons (Fsp3) is 0.241. The topological polar surface area (TPSA) is 91.0 Å². The Balaban J connectivity index is 0.000000383. The second kappa shape index (κ2) is 13.4. The first-order valence-electron chi connectivity index (χ1n) is 12.1. The van der Waals surface area contributed by atoms with Crippen LogP contribution >= 0.6 is 0 Å². The van der Waals surface area contributed by atoms with Crippen molar-refractivity contribution in [1.29, 1.82) is 0 Å². The minimum atomic E-state index is -0.452. The second-order valence-corrected chi connectivity index (χ2v) is 7.84. The number of aromatic amines is 1. The van der Waals surface area contributed by atoms with Gasteiger partial charge in [0.15, 0.2) is 0 Å². The van der Waals surface area contributed by atoms with E-state index in [0.29, 0.717) is 0 Å². The summed E-state index contributed by atoms with van der Waals surface area (Å²) in [5.74, 6) is 6.38. The Hall–Kier alpha value is -4.44. The maximum Gasteiger partial charge on any atom is 0.260 e. The van der Waals surface area contributed by atoms with E-state index in [-0.39, 0.29) is 12.1 Å². The molecule has 2 aromatic carbocycles. The van der Waals surface area contributed by atoms with E-state index in [4.69, 9.17) is 0 Å². The summed E-state index contributed by atoms with van der Waals surface area (Å²) in [4.78, 5) is 37.0. The fourth-order valence-corrected chi connectivity index (χ4v) is 3.58. The third-order valence-electron chi connectivity index (χ3n) is 5.56. The molecule has 0 aliphatic rings. The highest BCUT2D eigenvalue weighted by atomic mass is 16.2. The van der Waals surface area contributed by atoms with E-state index in [1.165, 1.54) is 17.8 Å². The van der Waals surface area contributed by atoms with Crippen LogP contribution in [0, 0.1) is 11.8 Å². The van der Waals surface area contributed by atoms with Crippen LogP contribution in [-0.2, 0) is 6.42 Å². The molecule has 0 radical (unpaired) electrons. The van der Waals surface area contributed by atoms with Gasteiger partial charge in [0, 0.05) is 30.2 Å². The summed E-state index contributed by atoms with van der Waals surface area (Å²) in [6, 6.07) is 19.3. The molecule has 4 rings (SSSR count). The zero-order valence-electron chi connectivity index (χ0n) is 20.9. The molecule has 0 bridgehead atoms. The van der Waals surface area contributed by atoms with Gasteiger partial charge in [-0.3, -0.25) is 9.59 Å². The van der Waals surface area contributed by atoms with Crippen LogP contribution < -0.4 is 15.8 Å². The smallest absolute Gasteiger partial charge is 0.260 e. The molecule has 4 aromatic rings. The van der Waals surface area contributed by atoms with E-state index in [1.807, 2.05) is 24.3 Å². The molecule has 0 unspecified atom stereocenters. The average molecular weight is 482 g/mol. The van der Waals surface area contributed by atoms with Crippen LogP contribution in [0.5, 0.6) is 0 Å². The van der Waals surface area contributed by atoms with E-state index < -0.39 is 11.5 Å². The summed E-state index contributed by atoms with van der Waals surface area (Å²) in [6.07, 6.45) is 4.19. The molecule has 184 valence electrons. The normalized spacial score (nSPS) is 9.97. The maximum atomic E-state index is 12.0. The van der Waals surface area contributed by atoms with Crippen molar-refractivity contribution in [3.8, 4) is 11.8 Å². The summed E-state index contributed by atoms with van der Waals surface area (Å²) in [7, 11) is 0. The number of amides is 1. The lowest BCUT2D eigenvalue weighted by atomic mass is 10.1. The molecule has 7 nitrogen and oxygen atoms in total. The minimum Gasteiger partial charge on any atom is -0.357 e. The highest BCUT2D eigenvalue weighted by molar-refractivity contribution is 5.94. The van der Waals surface area contributed by atoms with Gasteiger partial charge >= 0.3 is 0 Å². The molecule has 0 saturated heterocycles. The molecule has 0 atom stereocenters. The van der Waals surface area contributed by atoms with Crippen LogP contribution in [0.4, 0.5) is 5.82 Å². The molecule has 2 N–H and O–H groups in total. The van der Waals surface area contributed by atoms with Gasteiger partial charge < -0.3 is 15.2 Å². The summed E-state index contributed by atoms with van der Waals surface area (Å²) >= 11 is 0. The molecule has 0 spiro atoms. The largest absolute Gasteiger partial charge is 0.357 e. The standard InChI is InChI=1S/C21H21N5O2.C8H10/c1-3-26(4-2)19-17-13-15(9-10-18(17)24-14-25-19)7-5-11-22-20(27)16-8-6-12-23-21(16)28;1-2-8-6-4-3-5-7-8/h6,8-10,12-14H,3-4,11H2,1-2H3,(H,22,27)(H,23,28);3-7H,2H2,1H3. The molecule has 36 heavy (non-hydrogen) atoms. The van der Waals surface area contributed by atoms with Gasteiger partial charge in [-0.25, -0.2) is 9.97 Å². The number of aryl methyl sites for hydroxylation is 1. The third-order valence-corrected chi connectivity index (χ3v) is 5.56. The second-order valence-electron chi connectivity index (χ2n) is 7.84. The number of hydrogen-bond donors (Lipinski definition) is 2. The zero-order valence-corrected chi connectivity index (χ0v) is 20.9. The summed E-state index contributed by atoms with van der Waals surface area (Å²) in [5.41, 5.74) is 2.72. The number of carbonyl (C=O) groups is 1. The molecule has 7 heteroatoms. The van der Waals surface area contributed by atoms with Gasteiger partial charge in [-0.1, -0.05) is 49.1 Å². The van der Waals surface area contributed by atoms with Gasteiger partial charge in [-0.05, 0) is 56.2 Å². The zero-order chi connectivity index (χ0) is 25.8. The van der Waals surface area contributed by atoms with Gasteiger partial charge in [0.05, 0.1) is 12.1 Å². The van der Waals surface area contributed by atoms with E-state index in [0.717, 1.165) is 41.8 Å². The molecule has 2 aromatic heterocycles. The van der Waals surface area contributed by atoms with Crippen LogP contribution in [0.3, 0.4) is 0 Å². The number of pyridine rings is 1. The van der Waals surface area contributed by atoms with Crippen LogP contribution in [0.15, 0.2) is 78.0 Å². The summed E-state index contributed by atoms with van der Waals surface area (Å²) in [6.45, 7) is 8.17. The van der Waals surface area contributed by atoms with Crippen molar-refractivity contribution < 1.29 is 4.79 Å². The number of nitrogens with zero attached hydrogens (tertiary/aromatic N) is 3. The predicted molar refractivity (Wildman–Crippen MR) is 145 cm³/mol. The van der Waals surface area contributed by atoms with Crippen molar-refractivity contribution >= 4 is 22.6 Å². The number of anilines is 1. The quantitative estimate of drug-likeness (QED) is 0.403. The van der Waals surface area contributed by atoms with E-state index in [2.05, 4.69) is 82.0 Å². The van der Waals surface area contributed by atoms with Crippen molar-refractivity contribution in [3.05, 3.63) is 100 Å². The van der Waals surface area contributed by atoms with Crippen molar-refractivity contribution in [2.24, 2.45) is 0 Å². The molecule has 0 fully saturated rings. The first-order valence-corrected chi connectivity index (χ1v) is 12.1. The summed E-state index contributed by atoms with van der Waals surface area (Å²) in [5, 5.41) is 3.57. The Morgan fingerprint density at radius 3 is 2.44 bits per heavy atom. The Morgan fingerprint density at radius 1 is 1.00 bits per heavy atom. The van der Waals surface area contributed by atoms with Crippen LogP contribution in [0.1, 0.15) is 42.3 Å². The van der Waals surface area contributed by atoms with Crippen molar-refractivity contribution in [3.63, 3.8) is 0 Å². The Kier molecular flexibility index (Phi) is 9.78. The predicted octanol–water partition coefficient (Wildman–Crippen LogP) is 4.19. The molecule has 0 aliphatic carbocycles. The number of carbonyl (C=O) groups excluding carboxylic acids is 1. The van der Waals surface area contributed by atoms with Crippen LogP contribution in [0.25, 0.3) is 10.9 Å². The summed E-state index contributed by atoms with van der Waals surface area (Å²) < 4.78 is 0. The first-order chi connectivity index (χ1) is 17.6. The van der Waals surface area contributed by atoms with E-state index >= 15 is 0 Å². The monoisotopic (exact) mass is 481 g/mol. The fourth-order valence-electron chi connectivity index (χ4n) is 3.58. The third kappa shape index (κ3) is 7.03. The molecule has 2 heterocycles. The number of rotatable bonds is 6. The minimum absolute atomic E-state index is 0.0658. The van der Waals surface area contributed by atoms with Crippen LogP contribution in [-0.4, -0.2) is 40.5 Å². The molecule has 1 amide bonds. The molecule has 0 saturated carbocycles. The van der Waals surface area contributed by atoms with Gasteiger partial charge in [0.1, 0.15) is 17.7 Å². The van der Waals surface area contributed by atoms with E-state index in [9.17, 15) is 9.59 Å². The average Bonchev–Trinajstić information content (AvgIpc) is 2.93. The van der Waals surface area contributed by atoms with Gasteiger partial charge in [-0.2, -0.15) is 0 Å². The lowest BCUT2D eigenvalue weighted by molar-refractivity contribution is 0.0957. The number of fused-ring (bicyclic) bond motifs is 1. The van der Waals surface area contributed by atoms with Crippen LogP contribution in [0.2, 0.25) is 0 Å². The van der Waals surface area contributed by atoms with Crippen molar-refractivity contribution in [1.82, 2.24) is 20.3 Å². The number of nitrogens with one attached hydrogen (secondary N) is 2. The van der Waals surface area contributed by atoms with Gasteiger partial charge in [0.2, 0.25) is 0 Å². The SMILES string of the molecule is CCN(CC)c1ncnc2ccc(C#CCNC(=O)c3ccc[nH]c3=O)cc12.CCc1ccccc1. The maximum absolute atomic E-state index is 12.0. The first kappa shape index (κ1) is 26.2. The Bertz CT molecular complexity index is 1400. The number of benzene rings is 2. The number of H-pyrrole nitrogens is 1. The number of aromatic nitrogens is 3.